The van der Waals surface area contributed by atoms with Crippen molar-refractivity contribution in [2.24, 2.45) is 9.98 Å². The third kappa shape index (κ3) is 6.06. The number of pyridine rings is 1. The zero-order valence-electron chi connectivity index (χ0n) is 16.8. The van der Waals surface area contributed by atoms with Gasteiger partial charge in [-0.2, -0.15) is 0 Å². The zero-order valence-corrected chi connectivity index (χ0v) is 20.5. The van der Waals surface area contributed by atoms with Crippen LogP contribution in [0.25, 0.3) is 0 Å². The standard InChI is InChI=1S/C23H19N3O2.3ClH.V/c1-3-8-16(9-4-1)20-14-27-22(25-20)18-12-7-13-19(24-18)23-26-21(15-28-23)17-10-5-2-6-11-17;;;;/h1-13,20-21H,14-15H2;3*1H;/q;;;;+3/p-3. The Morgan fingerprint density at radius 1 is 0.562 bits per heavy atom. The van der Waals surface area contributed by atoms with E-state index in [0.717, 1.165) is 11.1 Å². The van der Waals surface area contributed by atoms with E-state index in [0.29, 0.717) is 36.4 Å². The number of rotatable bonds is 4. The van der Waals surface area contributed by atoms with Crippen molar-refractivity contribution in [3.8, 4) is 0 Å². The molecule has 2 atom stereocenters. The number of ether oxygens (including phenoxy) is 2. The van der Waals surface area contributed by atoms with E-state index in [4.69, 9.17) is 19.5 Å². The maximum Gasteiger partial charge on any atom is 3.00 e. The van der Waals surface area contributed by atoms with E-state index in [-0.39, 0.29) is 67.9 Å². The van der Waals surface area contributed by atoms with Gasteiger partial charge in [-0.15, -0.1) is 0 Å². The van der Waals surface area contributed by atoms with Gasteiger partial charge in [-0.1, -0.05) is 66.7 Å². The molecule has 32 heavy (non-hydrogen) atoms. The summed E-state index contributed by atoms with van der Waals surface area (Å²) in [6, 6.07) is 26.1. The maximum atomic E-state index is 5.82. The Morgan fingerprint density at radius 2 is 0.969 bits per heavy atom. The van der Waals surface area contributed by atoms with Gasteiger partial charge in [-0.3, -0.25) is 0 Å². The van der Waals surface area contributed by atoms with Crippen LogP contribution in [0.5, 0.6) is 0 Å². The molecular formula is C23H19Cl3N3O2V. The van der Waals surface area contributed by atoms with Crippen LogP contribution in [0.2, 0.25) is 0 Å². The molecule has 0 saturated heterocycles. The number of nitrogens with zero attached hydrogens (tertiary/aromatic N) is 3. The Hall–Kier alpha value is -2.02. The molecule has 5 rings (SSSR count). The smallest absolute Gasteiger partial charge is 1.00 e. The fourth-order valence-electron chi connectivity index (χ4n) is 3.39. The third-order valence-electron chi connectivity index (χ3n) is 4.86. The second-order valence-electron chi connectivity index (χ2n) is 6.75. The molecule has 2 aromatic carbocycles. The minimum atomic E-state index is 0. The van der Waals surface area contributed by atoms with Crippen molar-refractivity contribution in [1.82, 2.24) is 4.98 Å². The average Bonchev–Trinajstić information content (AvgIpc) is 3.46. The van der Waals surface area contributed by atoms with Crippen molar-refractivity contribution in [3.05, 3.63) is 101 Å². The summed E-state index contributed by atoms with van der Waals surface area (Å²) in [7, 11) is 0. The normalized spacial score (nSPS) is 18.2. The van der Waals surface area contributed by atoms with Crippen LogP contribution in [-0.4, -0.2) is 30.0 Å². The molecule has 0 bridgehead atoms. The van der Waals surface area contributed by atoms with Gasteiger partial charge in [-0.05, 0) is 23.3 Å². The summed E-state index contributed by atoms with van der Waals surface area (Å²) in [5.74, 6) is 1.13. The van der Waals surface area contributed by atoms with Gasteiger partial charge >= 0.3 is 18.6 Å². The fourth-order valence-corrected chi connectivity index (χ4v) is 3.39. The molecular weight excluding hydrogens is 508 g/mol. The Balaban J connectivity index is 0.00000128. The van der Waals surface area contributed by atoms with Gasteiger partial charge in [0.15, 0.2) is 0 Å². The van der Waals surface area contributed by atoms with E-state index in [9.17, 15) is 0 Å². The van der Waals surface area contributed by atoms with Crippen LogP contribution in [0.15, 0.2) is 88.8 Å². The van der Waals surface area contributed by atoms with Crippen LogP contribution in [-0.2, 0) is 28.0 Å². The molecule has 2 aliphatic heterocycles. The van der Waals surface area contributed by atoms with Gasteiger partial charge < -0.3 is 46.7 Å². The Labute approximate surface area is 217 Å². The summed E-state index contributed by atoms with van der Waals surface area (Å²) in [4.78, 5) is 14.1. The van der Waals surface area contributed by atoms with Crippen molar-refractivity contribution >= 4 is 11.8 Å². The first kappa shape index (κ1) is 28.0. The van der Waals surface area contributed by atoms with Gasteiger partial charge in [0, 0.05) is 0 Å². The Bertz CT molecular complexity index is 972. The Morgan fingerprint density at radius 3 is 1.38 bits per heavy atom. The summed E-state index contributed by atoms with van der Waals surface area (Å²) in [6.07, 6.45) is 0. The van der Waals surface area contributed by atoms with Gasteiger partial charge in [-0.25, -0.2) is 15.0 Å². The monoisotopic (exact) mass is 525 g/mol. The predicted molar refractivity (Wildman–Crippen MR) is 108 cm³/mol. The molecule has 0 amide bonds. The topological polar surface area (TPSA) is 56.1 Å². The van der Waals surface area contributed by atoms with Gasteiger partial charge in [0.2, 0.25) is 11.8 Å². The van der Waals surface area contributed by atoms with E-state index in [2.05, 4.69) is 29.2 Å². The molecule has 0 saturated carbocycles. The predicted octanol–water partition coefficient (Wildman–Crippen LogP) is -4.87. The van der Waals surface area contributed by atoms with Crippen molar-refractivity contribution in [2.75, 3.05) is 13.2 Å². The van der Waals surface area contributed by atoms with Crippen molar-refractivity contribution in [1.29, 1.82) is 0 Å². The maximum absolute atomic E-state index is 5.82. The van der Waals surface area contributed by atoms with Crippen molar-refractivity contribution in [2.45, 2.75) is 12.1 Å². The van der Waals surface area contributed by atoms with E-state index >= 15 is 0 Å². The van der Waals surface area contributed by atoms with E-state index in [1.54, 1.807) is 0 Å². The van der Waals surface area contributed by atoms with Gasteiger partial charge in [0.05, 0.1) is 0 Å². The van der Waals surface area contributed by atoms with E-state index in [1.807, 2.05) is 54.6 Å². The molecule has 0 fully saturated rings. The molecule has 0 radical (unpaired) electrons. The molecule has 0 aliphatic carbocycles. The van der Waals surface area contributed by atoms with Gasteiger partial charge in [0.1, 0.15) is 36.7 Å². The fraction of sp³-hybridized carbons (Fsp3) is 0.174. The van der Waals surface area contributed by atoms with Crippen molar-refractivity contribution < 1.29 is 65.3 Å². The number of aliphatic imine (C=N–C) groups is 2. The second-order valence-corrected chi connectivity index (χ2v) is 6.75. The molecule has 9 heteroatoms. The SMILES string of the molecule is [Cl-].[Cl-].[Cl-].[V+3].c1ccc(C2COC(c3cccc(C4=NC(c5ccccc5)CO4)n3)=N2)cc1. The number of hydrogen-bond donors (Lipinski definition) is 0. The minimum Gasteiger partial charge on any atom is -1.00 e. The summed E-state index contributed by atoms with van der Waals surface area (Å²) in [5.41, 5.74) is 3.68. The molecule has 2 aliphatic rings. The van der Waals surface area contributed by atoms with E-state index in [1.165, 1.54) is 0 Å². The zero-order chi connectivity index (χ0) is 18.8. The molecule has 2 unspecified atom stereocenters. The molecule has 5 nitrogen and oxygen atoms in total. The molecule has 0 N–H and O–H groups in total. The summed E-state index contributed by atoms with van der Waals surface area (Å²) in [5, 5.41) is 0. The first-order chi connectivity index (χ1) is 13.9. The third-order valence-corrected chi connectivity index (χ3v) is 4.86. The van der Waals surface area contributed by atoms with Gasteiger partial charge in [0.25, 0.3) is 0 Å². The molecule has 164 valence electrons. The quantitative estimate of drug-likeness (QED) is 0.343. The van der Waals surface area contributed by atoms with Crippen LogP contribution in [0.3, 0.4) is 0 Å². The van der Waals surface area contributed by atoms with E-state index < -0.39 is 0 Å². The number of benzene rings is 2. The van der Waals surface area contributed by atoms with Crippen molar-refractivity contribution in [3.63, 3.8) is 0 Å². The minimum absolute atomic E-state index is 0. The average molecular weight is 527 g/mol. The number of halogens is 3. The second kappa shape index (κ2) is 12.9. The first-order valence-electron chi connectivity index (χ1n) is 9.36. The Kier molecular flexibility index (Phi) is 11.3. The molecule has 3 aromatic rings. The van der Waals surface area contributed by atoms with Crippen LogP contribution < -0.4 is 37.2 Å². The van der Waals surface area contributed by atoms with Crippen LogP contribution in [0, 0.1) is 0 Å². The summed E-state index contributed by atoms with van der Waals surface area (Å²) in [6.45, 7) is 1.05. The number of hydrogen-bond acceptors (Lipinski definition) is 5. The first-order valence-corrected chi connectivity index (χ1v) is 9.36. The van der Waals surface area contributed by atoms with Crippen LogP contribution in [0.1, 0.15) is 34.6 Å². The van der Waals surface area contributed by atoms with Crippen LogP contribution in [0.4, 0.5) is 0 Å². The molecule has 1 aromatic heterocycles. The summed E-state index contributed by atoms with van der Waals surface area (Å²) < 4.78 is 11.6. The largest absolute Gasteiger partial charge is 3.00 e. The number of aromatic nitrogens is 1. The van der Waals surface area contributed by atoms with Crippen LogP contribution >= 0.6 is 0 Å². The molecule has 3 heterocycles. The summed E-state index contributed by atoms with van der Waals surface area (Å²) >= 11 is 0. The molecule has 0 spiro atoms.